The predicted molar refractivity (Wildman–Crippen MR) is 98.5 cm³/mol. The van der Waals surface area contributed by atoms with E-state index in [0.29, 0.717) is 16.1 Å². The van der Waals surface area contributed by atoms with Crippen LogP contribution in [-0.4, -0.2) is 27.6 Å². The lowest BCUT2D eigenvalue weighted by atomic mass is 10.2. The minimum atomic E-state index is -0.350. The van der Waals surface area contributed by atoms with Gasteiger partial charge in [-0.1, -0.05) is 33.6 Å². The zero-order valence-electron chi connectivity index (χ0n) is 13.3. The SMILES string of the molecule is CN(Cc1cc(Br)ccc1F)C(=O)c1cnn(-c2cccc(Cl)c2)c1. The topological polar surface area (TPSA) is 38.1 Å². The lowest BCUT2D eigenvalue weighted by Gasteiger charge is -2.17. The Morgan fingerprint density at radius 2 is 2.12 bits per heavy atom. The number of nitrogens with zero attached hydrogens (tertiary/aromatic N) is 3. The quantitative estimate of drug-likeness (QED) is 0.611. The molecule has 0 fully saturated rings. The van der Waals surface area contributed by atoms with Gasteiger partial charge in [-0.05, 0) is 36.4 Å². The van der Waals surface area contributed by atoms with Crippen LogP contribution in [0.3, 0.4) is 0 Å². The van der Waals surface area contributed by atoms with Crippen LogP contribution in [0.4, 0.5) is 4.39 Å². The molecule has 128 valence electrons. The number of carbonyl (C=O) groups is 1. The molecule has 0 aliphatic heterocycles. The molecule has 0 atom stereocenters. The van der Waals surface area contributed by atoms with Crippen molar-refractivity contribution in [3.8, 4) is 5.69 Å². The largest absolute Gasteiger partial charge is 0.337 e. The van der Waals surface area contributed by atoms with Gasteiger partial charge in [0.25, 0.3) is 5.91 Å². The number of rotatable bonds is 4. The van der Waals surface area contributed by atoms with Gasteiger partial charge in [0.2, 0.25) is 0 Å². The Labute approximate surface area is 158 Å². The molecule has 0 saturated heterocycles. The minimum Gasteiger partial charge on any atom is -0.337 e. The maximum absolute atomic E-state index is 13.9. The molecule has 1 amide bonds. The number of hydrogen-bond donors (Lipinski definition) is 0. The van der Waals surface area contributed by atoms with Crippen LogP contribution >= 0.6 is 27.5 Å². The third kappa shape index (κ3) is 4.08. The highest BCUT2D eigenvalue weighted by Gasteiger charge is 2.16. The molecule has 3 aromatic rings. The molecule has 0 aliphatic rings. The molecule has 0 bridgehead atoms. The third-order valence-corrected chi connectivity index (χ3v) is 4.39. The number of halogens is 3. The summed E-state index contributed by atoms with van der Waals surface area (Å²) in [6, 6.07) is 11.8. The highest BCUT2D eigenvalue weighted by molar-refractivity contribution is 9.10. The fraction of sp³-hybridized carbons (Fsp3) is 0.111. The van der Waals surface area contributed by atoms with Crippen LogP contribution in [-0.2, 0) is 6.54 Å². The standard InChI is InChI=1S/C18H14BrClFN3O/c1-23(10-12-7-14(19)5-6-17(12)21)18(25)13-9-22-24(11-13)16-4-2-3-15(20)8-16/h2-9,11H,10H2,1H3. The zero-order valence-corrected chi connectivity index (χ0v) is 15.6. The molecule has 0 N–H and O–H groups in total. The second kappa shape index (κ2) is 7.37. The Hall–Kier alpha value is -2.18. The van der Waals surface area contributed by atoms with E-state index in [0.717, 1.165) is 10.2 Å². The fourth-order valence-corrected chi connectivity index (χ4v) is 3.00. The van der Waals surface area contributed by atoms with Crippen molar-refractivity contribution in [2.75, 3.05) is 7.05 Å². The summed E-state index contributed by atoms with van der Waals surface area (Å²) in [6.45, 7) is 0.159. The summed E-state index contributed by atoms with van der Waals surface area (Å²) in [7, 11) is 1.62. The van der Waals surface area contributed by atoms with Gasteiger partial charge >= 0.3 is 0 Å². The Morgan fingerprint density at radius 3 is 2.88 bits per heavy atom. The first kappa shape index (κ1) is 17.6. The summed E-state index contributed by atoms with van der Waals surface area (Å²) >= 11 is 9.29. The molecule has 3 rings (SSSR count). The Kier molecular flexibility index (Phi) is 5.20. The minimum absolute atomic E-state index is 0.159. The van der Waals surface area contributed by atoms with Gasteiger partial charge in [0.15, 0.2) is 0 Å². The lowest BCUT2D eigenvalue weighted by Crippen LogP contribution is -2.26. The predicted octanol–water partition coefficient (Wildman–Crippen LogP) is 4.70. The molecular weight excluding hydrogens is 409 g/mol. The first-order valence-corrected chi connectivity index (χ1v) is 8.61. The van der Waals surface area contributed by atoms with E-state index < -0.39 is 0 Å². The van der Waals surface area contributed by atoms with Crippen molar-refractivity contribution in [3.63, 3.8) is 0 Å². The van der Waals surface area contributed by atoms with E-state index in [-0.39, 0.29) is 18.3 Å². The van der Waals surface area contributed by atoms with Crippen molar-refractivity contribution in [3.05, 3.63) is 81.3 Å². The zero-order chi connectivity index (χ0) is 18.0. The summed E-state index contributed by atoms with van der Waals surface area (Å²) in [4.78, 5) is 14.0. The molecule has 7 heteroatoms. The fourth-order valence-electron chi connectivity index (χ4n) is 2.41. The first-order chi connectivity index (χ1) is 11.9. The van der Waals surface area contributed by atoms with Crippen LogP contribution in [0.25, 0.3) is 5.69 Å². The monoisotopic (exact) mass is 421 g/mol. The van der Waals surface area contributed by atoms with Gasteiger partial charge in [0.1, 0.15) is 5.82 Å². The number of benzene rings is 2. The Morgan fingerprint density at radius 1 is 1.32 bits per heavy atom. The van der Waals surface area contributed by atoms with Crippen molar-refractivity contribution in [2.45, 2.75) is 6.54 Å². The molecule has 1 aromatic heterocycles. The average Bonchev–Trinajstić information content (AvgIpc) is 3.07. The van der Waals surface area contributed by atoms with Gasteiger partial charge in [0.05, 0.1) is 17.4 Å². The molecule has 4 nitrogen and oxygen atoms in total. The van der Waals surface area contributed by atoms with Crippen LogP contribution in [0, 0.1) is 5.82 Å². The van der Waals surface area contributed by atoms with E-state index in [9.17, 15) is 9.18 Å². The Bertz CT molecular complexity index is 928. The van der Waals surface area contributed by atoms with E-state index in [1.807, 2.05) is 12.1 Å². The molecule has 25 heavy (non-hydrogen) atoms. The number of amides is 1. The van der Waals surface area contributed by atoms with Crippen molar-refractivity contribution >= 4 is 33.4 Å². The molecule has 0 radical (unpaired) electrons. The van der Waals surface area contributed by atoms with E-state index in [2.05, 4.69) is 21.0 Å². The van der Waals surface area contributed by atoms with Gasteiger partial charge in [0, 0.05) is 34.8 Å². The molecule has 0 saturated carbocycles. The van der Waals surface area contributed by atoms with Gasteiger partial charge in [-0.2, -0.15) is 5.10 Å². The van der Waals surface area contributed by atoms with Crippen LogP contribution in [0.2, 0.25) is 5.02 Å². The molecule has 0 aliphatic carbocycles. The maximum Gasteiger partial charge on any atom is 0.257 e. The second-order valence-electron chi connectivity index (χ2n) is 5.55. The average molecular weight is 423 g/mol. The van der Waals surface area contributed by atoms with Gasteiger partial charge in [-0.25, -0.2) is 9.07 Å². The normalized spacial score (nSPS) is 10.7. The van der Waals surface area contributed by atoms with E-state index in [1.165, 1.54) is 17.2 Å². The number of aromatic nitrogens is 2. The molecule has 0 unspecified atom stereocenters. The summed E-state index contributed by atoms with van der Waals surface area (Å²) < 4.78 is 16.2. The molecule has 0 spiro atoms. The molecule has 1 heterocycles. The maximum atomic E-state index is 13.9. The van der Waals surface area contributed by atoms with Gasteiger partial charge in [-0.3, -0.25) is 4.79 Å². The lowest BCUT2D eigenvalue weighted by molar-refractivity contribution is 0.0784. The van der Waals surface area contributed by atoms with E-state index in [1.54, 1.807) is 42.2 Å². The van der Waals surface area contributed by atoms with Crippen molar-refractivity contribution < 1.29 is 9.18 Å². The van der Waals surface area contributed by atoms with Crippen LogP contribution < -0.4 is 0 Å². The van der Waals surface area contributed by atoms with Crippen LogP contribution in [0.1, 0.15) is 15.9 Å². The summed E-state index contributed by atoms with van der Waals surface area (Å²) in [5.74, 6) is -0.592. The number of carbonyl (C=O) groups excluding carboxylic acids is 1. The highest BCUT2D eigenvalue weighted by atomic mass is 79.9. The van der Waals surface area contributed by atoms with Gasteiger partial charge in [-0.15, -0.1) is 0 Å². The van der Waals surface area contributed by atoms with Crippen molar-refractivity contribution in [1.82, 2.24) is 14.7 Å². The van der Waals surface area contributed by atoms with Crippen LogP contribution in [0.15, 0.2) is 59.3 Å². The summed E-state index contributed by atoms with van der Waals surface area (Å²) in [5.41, 5.74) is 1.61. The van der Waals surface area contributed by atoms with E-state index in [4.69, 9.17) is 11.6 Å². The first-order valence-electron chi connectivity index (χ1n) is 7.44. The van der Waals surface area contributed by atoms with E-state index >= 15 is 0 Å². The summed E-state index contributed by atoms with van der Waals surface area (Å²) in [5, 5.41) is 4.78. The van der Waals surface area contributed by atoms with Crippen LogP contribution in [0.5, 0.6) is 0 Å². The highest BCUT2D eigenvalue weighted by Crippen LogP contribution is 2.18. The Balaban J connectivity index is 1.78. The molecular formula is C18H14BrClFN3O. The smallest absolute Gasteiger partial charge is 0.257 e. The summed E-state index contributed by atoms with van der Waals surface area (Å²) in [6.07, 6.45) is 3.11. The van der Waals surface area contributed by atoms with Crippen molar-refractivity contribution in [1.29, 1.82) is 0 Å². The third-order valence-electron chi connectivity index (χ3n) is 3.66. The number of hydrogen-bond acceptors (Lipinski definition) is 2. The molecule has 2 aromatic carbocycles. The van der Waals surface area contributed by atoms with Crippen molar-refractivity contribution in [2.24, 2.45) is 0 Å². The van der Waals surface area contributed by atoms with Gasteiger partial charge < -0.3 is 4.90 Å². The second-order valence-corrected chi connectivity index (χ2v) is 6.90.